The van der Waals surface area contributed by atoms with Crippen LogP contribution in [0.4, 0.5) is 5.69 Å². The van der Waals surface area contributed by atoms with Gasteiger partial charge in [-0.15, -0.1) is 0 Å². The maximum Gasteiger partial charge on any atom is 0.0519 e. The molecule has 92 valence electrons. The fraction of sp³-hybridized carbons (Fsp3) is 0.250. The molecule has 1 aliphatic carbocycles. The molecule has 0 fully saturated rings. The highest BCUT2D eigenvalue weighted by atomic mass is 79.9. The van der Waals surface area contributed by atoms with Crippen molar-refractivity contribution in [3.8, 4) is 0 Å². The molecule has 1 aliphatic rings. The minimum atomic E-state index is 0.453. The van der Waals surface area contributed by atoms with Gasteiger partial charge in [0.05, 0.1) is 6.04 Å². The summed E-state index contributed by atoms with van der Waals surface area (Å²) in [4.78, 5) is 0. The second kappa shape index (κ2) is 4.77. The number of hydrogen-bond acceptors (Lipinski definition) is 1. The van der Waals surface area contributed by atoms with Gasteiger partial charge in [-0.2, -0.15) is 0 Å². The highest BCUT2D eigenvalue weighted by Crippen LogP contribution is 2.35. The molecule has 1 nitrogen and oxygen atoms in total. The minimum Gasteiger partial charge on any atom is -0.378 e. The molecule has 2 aromatic rings. The zero-order valence-electron chi connectivity index (χ0n) is 10.4. The summed E-state index contributed by atoms with van der Waals surface area (Å²) in [6, 6.07) is 15.5. The summed E-state index contributed by atoms with van der Waals surface area (Å²) in [6.45, 7) is 2.15. The number of halogens is 1. The van der Waals surface area contributed by atoms with Crippen LogP contribution in [0.3, 0.4) is 0 Å². The van der Waals surface area contributed by atoms with Crippen molar-refractivity contribution >= 4 is 21.6 Å². The summed E-state index contributed by atoms with van der Waals surface area (Å²) in [6.07, 6.45) is 2.37. The first kappa shape index (κ1) is 11.8. The summed E-state index contributed by atoms with van der Waals surface area (Å²) >= 11 is 3.59. The highest BCUT2D eigenvalue weighted by molar-refractivity contribution is 9.10. The number of aryl methyl sites for hydroxylation is 1. The van der Waals surface area contributed by atoms with Crippen LogP contribution >= 0.6 is 15.9 Å². The summed E-state index contributed by atoms with van der Waals surface area (Å²) in [5.41, 5.74) is 5.45. The Balaban J connectivity index is 1.89. The van der Waals surface area contributed by atoms with Crippen LogP contribution in [0.25, 0.3) is 0 Å². The third kappa shape index (κ3) is 2.05. The molecule has 0 heterocycles. The summed E-state index contributed by atoms with van der Waals surface area (Å²) in [5, 5.41) is 3.68. The lowest BCUT2D eigenvalue weighted by molar-refractivity contribution is 0.761. The molecule has 18 heavy (non-hydrogen) atoms. The molecular weight excluding hydrogens is 286 g/mol. The lowest BCUT2D eigenvalue weighted by Crippen LogP contribution is -2.08. The molecule has 1 N–H and O–H groups in total. The number of anilines is 1. The molecule has 0 saturated carbocycles. The molecular formula is C16H16BrN. The van der Waals surface area contributed by atoms with Crippen LogP contribution in [0.5, 0.6) is 0 Å². The number of hydrogen-bond donors (Lipinski definition) is 1. The Bertz CT molecular complexity index is 577. The van der Waals surface area contributed by atoms with Crippen LogP contribution in [0.1, 0.15) is 29.2 Å². The number of rotatable bonds is 2. The van der Waals surface area contributed by atoms with Crippen molar-refractivity contribution in [1.29, 1.82) is 0 Å². The fourth-order valence-corrected chi connectivity index (χ4v) is 3.02. The molecule has 1 atom stereocenters. The molecule has 2 aromatic carbocycles. The monoisotopic (exact) mass is 301 g/mol. The van der Waals surface area contributed by atoms with E-state index in [1.165, 1.54) is 39.7 Å². The topological polar surface area (TPSA) is 12.0 Å². The van der Waals surface area contributed by atoms with E-state index in [1.807, 2.05) is 0 Å². The Morgan fingerprint density at radius 2 is 1.94 bits per heavy atom. The zero-order valence-corrected chi connectivity index (χ0v) is 12.0. The predicted octanol–water partition coefficient (Wildman–Crippen LogP) is 4.86. The maximum absolute atomic E-state index is 3.68. The van der Waals surface area contributed by atoms with E-state index in [2.05, 4.69) is 70.6 Å². The Hall–Kier alpha value is -1.28. The van der Waals surface area contributed by atoms with E-state index >= 15 is 0 Å². The van der Waals surface area contributed by atoms with Gasteiger partial charge >= 0.3 is 0 Å². The summed E-state index contributed by atoms with van der Waals surface area (Å²) in [7, 11) is 0. The van der Waals surface area contributed by atoms with E-state index < -0.39 is 0 Å². The molecule has 0 radical (unpaired) electrons. The first-order chi connectivity index (χ1) is 8.75. The third-order valence-corrected chi connectivity index (χ3v) is 4.59. The molecule has 0 bridgehead atoms. The largest absolute Gasteiger partial charge is 0.378 e. The fourth-order valence-electron chi connectivity index (χ4n) is 2.66. The Morgan fingerprint density at radius 3 is 2.83 bits per heavy atom. The molecule has 0 aromatic heterocycles. The van der Waals surface area contributed by atoms with Gasteiger partial charge in [-0.25, -0.2) is 0 Å². The van der Waals surface area contributed by atoms with Crippen LogP contribution < -0.4 is 5.32 Å². The Labute approximate surface area is 116 Å². The van der Waals surface area contributed by atoms with Crippen molar-refractivity contribution in [2.75, 3.05) is 5.32 Å². The van der Waals surface area contributed by atoms with Crippen LogP contribution in [0.2, 0.25) is 0 Å². The average molecular weight is 302 g/mol. The maximum atomic E-state index is 3.68. The van der Waals surface area contributed by atoms with E-state index in [4.69, 9.17) is 0 Å². The first-order valence-electron chi connectivity index (χ1n) is 6.35. The molecule has 2 heteroatoms. The Kier molecular flexibility index (Phi) is 3.13. The minimum absolute atomic E-state index is 0.453. The average Bonchev–Trinajstić information content (AvgIpc) is 2.79. The number of fused-ring (bicyclic) bond motifs is 1. The van der Waals surface area contributed by atoms with Gasteiger partial charge in [-0.1, -0.05) is 46.3 Å². The number of nitrogens with one attached hydrogen (secondary N) is 1. The van der Waals surface area contributed by atoms with Crippen LogP contribution in [-0.2, 0) is 6.42 Å². The van der Waals surface area contributed by atoms with Gasteiger partial charge in [-0.3, -0.25) is 0 Å². The van der Waals surface area contributed by atoms with Gasteiger partial charge in [0.2, 0.25) is 0 Å². The van der Waals surface area contributed by atoms with Crippen molar-refractivity contribution in [2.45, 2.75) is 25.8 Å². The molecule has 3 rings (SSSR count). The van der Waals surface area contributed by atoms with Gasteiger partial charge in [0, 0.05) is 10.2 Å². The van der Waals surface area contributed by atoms with Crippen molar-refractivity contribution < 1.29 is 0 Å². The van der Waals surface area contributed by atoms with E-state index in [9.17, 15) is 0 Å². The summed E-state index contributed by atoms with van der Waals surface area (Å²) < 4.78 is 1.17. The van der Waals surface area contributed by atoms with Crippen molar-refractivity contribution in [2.24, 2.45) is 0 Å². The van der Waals surface area contributed by atoms with Crippen LogP contribution in [-0.4, -0.2) is 0 Å². The highest BCUT2D eigenvalue weighted by Gasteiger charge is 2.21. The van der Waals surface area contributed by atoms with Crippen molar-refractivity contribution in [1.82, 2.24) is 0 Å². The lowest BCUT2D eigenvalue weighted by atomic mass is 10.1. The van der Waals surface area contributed by atoms with Crippen molar-refractivity contribution in [3.05, 3.63) is 63.6 Å². The van der Waals surface area contributed by atoms with Crippen molar-refractivity contribution in [3.63, 3.8) is 0 Å². The van der Waals surface area contributed by atoms with E-state index in [-0.39, 0.29) is 0 Å². The molecule has 0 aliphatic heterocycles. The summed E-state index contributed by atoms with van der Waals surface area (Å²) in [5.74, 6) is 0. The lowest BCUT2D eigenvalue weighted by Gasteiger charge is -2.18. The number of benzene rings is 2. The van der Waals surface area contributed by atoms with Gasteiger partial charge in [-0.05, 0) is 48.6 Å². The normalized spacial score (nSPS) is 17.6. The van der Waals surface area contributed by atoms with E-state index in [0.717, 1.165) is 0 Å². The second-order valence-corrected chi connectivity index (χ2v) is 5.70. The third-order valence-electron chi connectivity index (χ3n) is 3.73. The van der Waals surface area contributed by atoms with Gasteiger partial charge < -0.3 is 5.32 Å². The zero-order chi connectivity index (χ0) is 12.5. The predicted molar refractivity (Wildman–Crippen MR) is 80.0 cm³/mol. The van der Waals surface area contributed by atoms with E-state index in [1.54, 1.807) is 0 Å². The molecule has 1 unspecified atom stereocenters. The van der Waals surface area contributed by atoms with Gasteiger partial charge in [0.1, 0.15) is 0 Å². The van der Waals surface area contributed by atoms with Crippen LogP contribution in [0, 0.1) is 6.92 Å². The standard InChI is InChI=1S/C16H16BrN/c1-11-14(17)7-4-8-15(11)18-16-10-9-12-5-2-3-6-13(12)16/h2-8,16,18H,9-10H2,1H3. The molecule has 0 amide bonds. The first-order valence-corrected chi connectivity index (χ1v) is 7.14. The molecule has 0 saturated heterocycles. The SMILES string of the molecule is Cc1c(Br)cccc1NC1CCc2ccccc21. The van der Waals surface area contributed by atoms with Crippen LogP contribution in [0.15, 0.2) is 46.9 Å². The second-order valence-electron chi connectivity index (χ2n) is 4.85. The van der Waals surface area contributed by atoms with Gasteiger partial charge in [0.25, 0.3) is 0 Å². The van der Waals surface area contributed by atoms with Gasteiger partial charge in [0.15, 0.2) is 0 Å². The Morgan fingerprint density at radius 1 is 1.11 bits per heavy atom. The van der Waals surface area contributed by atoms with E-state index in [0.29, 0.717) is 6.04 Å². The smallest absolute Gasteiger partial charge is 0.0519 e. The quantitative estimate of drug-likeness (QED) is 0.835. The molecule has 0 spiro atoms.